The van der Waals surface area contributed by atoms with Crippen molar-refractivity contribution in [1.29, 1.82) is 0 Å². The zero-order valence-corrected chi connectivity index (χ0v) is 11.7. The molecular formula is C15H23N3O. The van der Waals surface area contributed by atoms with Crippen LogP contribution in [0.25, 0.3) is 0 Å². The van der Waals surface area contributed by atoms with Gasteiger partial charge in [0, 0.05) is 24.8 Å². The predicted molar refractivity (Wildman–Crippen MR) is 78.2 cm³/mol. The maximum absolute atomic E-state index is 12.1. The normalized spacial score (nSPS) is 19.7. The van der Waals surface area contributed by atoms with Gasteiger partial charge >= 0.3 is 0 Å². The van der Waals surface area contributed by atoms with Crippen molar-refractivity contribution in [3.63, 3.8) is 0 Å². The number of carbonyl (C=O) groups excluding carboxylic acids is 1. The first-order valence-electron chi connectivity index (χ1n) is 7.01. The first-order chi connectivity index (χ1) is 9.13. The molecule has 2 atom stereocenters. The molecule has 19 heavy (non-hydrogen) atoms. The molecule has 1 amide bonds. The van der Waals surface area contributed by atoms with Crippen molar-refractivity contribution < 1.29 is 4.79 Å². The first kappa shape index (κ1) is 13.9. The molecule has 0 aliphatic carbocycles. The van der Waals surface area contributed by atoms with Crippen LogP contribution in [0.1, 0.15) is 25.8 Å². The molecule has 1 aliphatic rings. The summed E-state index contributed by atoms with van der Waals surface area (Å²) in [5.74, 6) is 0.0748. The highest BCUT2D eigenvalue weighted by atomic mass is 16.2. The molecule has 4 nitrogen and oxygen atoms in total. The van der Waals surface area contributed by atoms with Gasteiger partial charge < -0.3 is 16.0 Å². The SMILES string of the molecule is CCCNC(=O)C(C)N1CC(N)Cc2ccccc21. The Balaban J connectivity index is 2.17. The maximum Gasteiger partial charge on any atom is 0.242 e. The van der Waals surface area contributed by atoms with Gasteiger partial charge in [0.2, 0.25) is 5.91 Å². The Morgan fingerprint density at radius 3 is 3.00 bits per heavy atom. The average molecular weight is 261 g/mol. The highest BCUT2D eigenvalue weighted by molar-refractivity contribution is 5.85. The van der Waals surface area contributed by atoms with Gasteiger partial charge in [0.1, 0.15) is 6.04 Å². The van der Waals surface area contributed by atoms with Crippen LogP contribution in [0.2, 0.25) is 0 Å². The minimum Gasteiger partial charge on any atom is -0.358 e. The molecule has 1 aromatic rings. The van der Waals surface area contributed by atoms with E-state index in [-0.39, 0.29) is 18.0 Å². The van der Waals surface area contributed by atoms with Gasteiger partial charge in [-0.25, -0.2) is 0 Å². The Kier molecular flexibility index (Phi) is 4.43. The third-order valence-electron chi connectivity index (χ3n) is 3.61. The fourth-order valence-corrected chi connectivity index (χ4v) is 2.57. The van der Waals surface area contributed by atoms with Crippen LogP contribution in [0.15, 0.2) is 24.3 Å². The lowest BCUT2D eigenvalue weighted by atomic mass is 9.97. The number of nitrogens with zero attached hydrogens (tertiary/aromatic N) is 1. The average Bonchev–Trinajstić information content (AvgIpc) is 2.42. The molecule has 1 aliphatic heterocycles. The number of anilines is 1. The molecule has 2 rings (SSSR count). The number of nitrogens with one attached hydrogen (secondary N) is 1. The summed E-state index contributed by atoms with van der Waals surface area (Å²) in [5, 5.41) is 2.95. The Labute approximate surface area is 115 Å². The van der Waals surface area contributed by atoms with E-state index in [0.29, 0.717) is 0 Å². The molecule has 104 valence electrons. The second-order valence-corrected chi connectivity index (χ2v) is 5.21. The van der Waals surface area contributed by atoms with Gasteiger partial charge in [-0.05, 0) is 31.4 Å². The maximum atomic E-state index is 12.1. The van der Waals surface area contributed by atoms with Crippen LogP contribution >= 0.6 is 0 Å². The van der Waals surface area contributed by atoms with Crippen molar-refractivity contribution in [2.45, 2.75) is 38.8 Å². The van der Waals surface area contributed by atoms with Crippen LogP contribution < -0.4 is 16.0 Å². The van der Waals surface area contributed by atoms with Crippen LogP contribution in [-0.2, 0) is 11.2 Å². The fraction of sp³-hybridized carbons (Fsp3) is 0.533. The zero-order chi connectivity index (χ0) is 13.8. The summed E-state index contributed by atoms with van der Waals surface area (Å²) in [6, 6.07) is 8.12. The van der Waals surface area contributed by atoms with Gasteiger partial charge in [0.05, 0.1) is 0 Å². The van der Waals surface area contributed by atoms with E-state index in [1.807, 2.05) is 19.1 Å². The van der Waals surface area contributed by atoms with Crippen molar-refractivity contribution in [2.75, 3.05) is 18.0 Å². The lowest BCUT2D eigenvalue weighted by Gasteiger charge is -2.38. The van der Waals surface area contributed by atoms with Crippen LogP contribution in [0.5, 0.6) is 0 Å². The summed E-state index contributed by atoms with van der Waals surface area (Å²) >= 11 is 0. The zero-order valence-electron chi connectivity index (χ0n) is 11.7. The van der Waals surface area contributed by atoms with Crippen LogP contribution in [0, 0.1) is 0 Å². The van der Waals surface area contributed by atoms with Gasteiger partial charge in [0.15, 0.2) is 0 Å². The Hall–Kier alpha value is -1.55. The largest absolute Gasteiger partial charge is 0.358 e. The van der Waals surface area contributed by atoms with Gasteiger partial charge in [-0.15, -0.1) is 0 Å². The van der Waals surface area contributed by atoms with Crippen LogP contribution in [0.3, 0.4) is 0 Å². The molecule has 2 unspecified atom stereocenters. The van der Waals surface area contributed by atoms with Gasteiger partial charge in [-0.1, -0.05) is 25.1 Å². The third kappa shape index (κ3) is 3.07. The molecule has 0 saturated carbocycles. The number of benzene rings is 1. The quantitative estimate of drug-likeness (QED) is 0.858. The van der Waals surface area contributed by atoms with E-state index in [0.717, 1.165) is 31.6 Å². The summed E-state index contributed by atoms with van der Waals surface area (Å²) in [5.41, 5.74) is 8.48. The molecule has 0 spiro atoms. The third-order valence-corrected chi connectivity index (χ3v) is 3.61. The number of amides is 1. The predicted octanol–water partition coefficient (Wildman–Crippen LogP) is 1.29. The Morgan fingerprint density at radius 1 is 1.53 bits per heavy atom. The number of carbonyl (C=O) groups is 1. The summed E-state index contributed by atoms with van der Waals surface area (Å²) in [7, 11) is 0. The van der Waals surface area contributed by atoms with Gasteiger partial charge in [-0.2, -0.15) is 0 Å². The van der Waals surface area contributed by atoms with Crippen molar-refractivity contribution in [2.24, 2.45) is 5.73 Å². The topological polar surface area (TPSA) is 58.4 Å². The summed E-state index contributed by atoms with van der Waals surface area (Å²) in [6.45, 7) is 5.46. The lowest BCUT2D eigenvalue weighted by molar-refractivity contribution is -0.122. The smallest absolute Gasteiger partial charge is 0.242 e. The second kappa shape index (κ2) is 6.06. The fourth-order valence-electron chi connectivity index (χ4n) is 2.57. The molecule has 0 radical (unpaired) electrons. The van der Waals surface area contributed by atoms with Crippen molar-refractivity contribution in [3.05, 3.63) is 29.8 Å². The molecule has 0 aromatic heterocycles. The van der Waals surface area contributed by atoms with Gasteiger partial charge in [0.25, 0.3) is 0 Å². The van der Waals surface area contributed by atoms with Crippen LogP contribution in [0.4, 0.5) is 5.69 Å². The molecule has 3 N–H and O–H groups in total. The first-order valence-corrected chi connectivity index (χ1v) is 7.01. The summed E-state index contributed by atoms with van der Waals surface area (Å²) < 4.78 is 0. The van der Waals surface area contributed by atoms with E-state index < -0.39 is 0 Å². The monoisotopic (exact) mass is 261 g/mol. The number of hydrogen-bond donors (Lipinski definition) is 2. The molecule has 0 fully saturated rings. The number of rotatable bonds is 4. The molecule has 1 heterocycles. The van der Waals surface area contributed by atoms with E-state index in [2.05, 4.69) is 29.3 Å². The standard InChI is InChI=1S/C15H23N3O/c1-3-8-17-15(19)11(2)18-10-13(16)9-12-6-4-5-7-14(12)18/h4-7,11,13H,3,8-10,16H2,1-2H3,(H,17,19). The van der Waals surface area contributed by atoms with E-state index in [1.165, 1.54) is 5.56 Å². The lowest BCUT2D eigenvalue weighted by Crippen LogP contribution is -2.52. The molecule has 0 bridgehead atoms. The Morgan fingerprint density at radius 2 is 2.26 bits per heavy atom. The molecule has 0 saturated heterocycles. The van der Waals surface area contributed by atoms with Crippen molar-refractivity contribution in [3.8, 4) is 0 Å². The highest BCUT2D eigenvalue weighted by Crippen LogP contribution is 2.28. The highest BCUT2D eigenvalue weighted by Gasteiger charge is 2.28. The molecule has 4 heteroatoms. The van der Waals surface area contributed by atoms with E-state index in [4.69, 9.17) is 5.73 Å². The van der Waals surface area contributed by atoms with Crippen LogP contribution in [-0.4, -0.2) is 31.1 Å². The minimum atomic E-state index is -0.181. The number of para-hydroxylation sites is 1. The van der Waals surface area contributed by atoms with Gasteiger partial charge in [-0.3, -0.25) is 4.79 Å². The Bertz CT molecular complexity index is 447. The molecular weight excluding hydrogens is 238 g/mol. The number of nitrogens with two attached hydrogens (primary N) is 1. The molecule has 1 aromatic carbocycles. The number of hydrogen-bond acceptors (Lipinski definition) is 3. The number of fused-ring (bicyclic) bond motifs is 1. The second-order valence-electron chi connectivity index (χ2n) is 5.21. The van der Waals surface area contributed by atoms with E-state index in [9.17, 15) is 4.79 Å². The van der Waals surface area contributed by atoms with E-state index >= 15 is 0 Å². The van der Waals surface area contributed by atoms with Crippen molar-refractivity contribution in [1.82, 2.24) is 5.32 Å². The summed E-state index contributed by atoms with van der Waals surface area (Å²) in [6.07, 6.45) is 1.84. The van der Waals surface area contributed by atoms with Crippen molar-refractivity contribution >= 4 is 11.6 Å². The van der Waals surface area contributed by atoms with E-state index in [1.54, 1.807) is 0 Å². The summed E-state index contributed by atoms with van der Waals surface area (Å²) in [4.78, 5) is 14.2. The minimum absolute atomic E-state index is 0.0748.